The number of cyclic esters (lactones) is 1. The van der Waals surface area contributed by atoms with Gasteiger partial charge in [0.2, 0.25) is 22.2 Å². The van der Waals surface area contributed by atoms with Crippen LogP contribution in [0.25, 0.3) is 10.8 Å². The first-order valence-corrected chi connectivity index (χ1v) is 15.9. The Morgan fingerprint density at radius 2 is 1.82 bits per heavy atom. The van der Waals surface area contributed by atoms with Gasteiger partial charge >= 0.3 is 5.97 Å². The molecule has 0 radical (unpaired) electrons. The molecule has 3 saturated heterocycles. The van der Waals surface area contributed by atoms with Crippen molar-refractivity contribution in [2.24, 2.45) is 5.92 Å². The van der Waals surface area contributed by atoms with Gasteiger partial charge in [-0.15, -0.1) is 0 Å². The van der Waals surface area contributed by atoms with Crippen LogP contribution in [-0.4, -0.2) is 74.2 Å². The monoisotopic (exact) mass is 623 g/mol. The lowest BCUT2D eigenvalue weighted by Crippen LogP contribution is -2.72. The lowest BCUT2D eigenvalue weighted by Gasteiger charge is -2.55. The third-order valence-electron chi connectivity index (χ3n) is 8.19. The van der Waals surface area contributed by atoms with E-state index in [1.165, 1.54) is 12.1 Å². The van der Waals surface area contributed by atoms with Crippen molar-refractivity contribution < 1.29 is 37.0 Å². The molecule has 3 aromatic carbocycles. The van der Waals surface area contributed by atoms with Crippen molar-refractivity contribution in [3.05, 3.63) is 83.6 Å². The topological polar surface area (TPSA) is 166 Å². The van der Waals surface area contributed by atoms with E-state index >= 15 is 0 Å². The maximum atomic E-state index is 14.5. The summed E-state index contributed by atoms with van der Waals surface area (Å²) < 4.78 is 39.2. The van der Waals surface area contributed by atoms with Gasteiger partial charge in [0.25, 0.3) is 5.91 Å². The summed E-state index contributed by atoms with van der Waals surface area (Å²) >= 11 is 0. The predicted molar refractivity (Wildman–Crippen MR) is 157 cm³/mol. The minimum Gasteiger partial charge on any atom is -0.605 e. The molecule has 44 heavy (non-hydrogen) atoms. The fourth-order valence-corrected chi connectivity index (χ4v) is 7.17. The Labute approximate surface area is 254 Å². The van der Waals surface area contributed by atoms with E-state index in [9.17, 15) is 28.0 Å². The first kappa shape index (κ1) is 30.1. The van der Waals surface area contributed by atoms with Gasteiger partial charge in [0.1, 0.15) is 25.2 Å². The second-order valence-corrected chi connectivity index (χ2v) is 12.9. The molecule has 3 heterocycles. The standard InChI is InChI=1S/C30H33N5O8S/c36-27-13-12-26(33-44(40,41)24-11-10-21-8-4-5-9-22(21)14-24)35(39)17-23(16-31-19-34(27)35)29(38)32-25-15-28(37)43-30(25)42-18-20-6-2-1-3-7-20/h1-11,14,23,25-26,30-31,33H,12-13,15-19H2,(H,32,38). The molecule has 5 atom stereocenters. The van der Waals surface area contributed by atoms with Crippen molar-refractivity contribution in [3.8, 4) is 0 Å². The van der Waals surface area contributed by atoms with E-state index < -0.39 is 63.5 Å². The Bertz CT molecular complexity index is 1670. The maximum absolute atomic E-state index is 14.5. The molecule has 3 aliphatic rings. The molecule has 14 heteroatoms. The van der Waals surface area contributed by atoms with E-state index in [1.54, 1.807) is 18.2 Å². The summed E-state index contributed by atoms with van der Waals surface area (Å²) in [7, 11) is -4.16. The van der Waals surface area contributed by atoms with Gasteiger partial charge in [-0.2, -0.15) is 9.73 Å². The highest BCUT2D eigenvalue weighted by molar-refractivity contribution is 7.89. The number of ether oxygens (including phenoxy) is 2. The van der Waals surface area contributed by atoms with Crippen LogP contribution >= 0.6 is 0 Å². The molecule has 0 saturated carbocycles. The number of amides is 2. The molecule has 0 spiro atoms. The highest BCUT2D eigenvalue weighted by Gasteiger charge is 2.49. The van der Waals surface area contributed by atoms with Crippen LogP contribution < -0.4 is 15.4 Å². The van der Waals surface area contributed by atoms with Gasteiger partial charge in [-0.3, -0.25) is 19.7 Å². The molecule has 3 N–H and O–H groups in total. The molecular formula is C30H33N5O8S. The molecular weight excluding hydrogens is 590 g/mol. The number of fused-ring (bicyclic) bond motifs is 2. The van der Waals surface area contributed by atoms with Gasteiger partial charge in [-0.05, 0) is 28.5 Å². The molecule has 232 valence electrons. The first-order valence-electron chi connectivity index (χ1n) is 14.4. The van der Waals surface area contributed by atoms with Gasteiger partial charge in [-0.25, -0.2) is 13.2 Å². The molecule has 6 rings (SSSR count). The summed E-state index contributed by atoms with van der Waals surface area (Å²) in [5.41, 5.74) is 0.860. The molecule has 3 aromatic rings. The maximum Gasteiger partial charge on any atom is 0.310 e. The van der Waals surface area contributed by atoms with Crippen molar-refractivity contribution in [1.29, 1.82) is 0 Å². The molecule has 2 amide bonds. The van der Waals surface area contributed by atoms with E-state index in [1.807, 2.05) is 42.5 Å². The van der Waals surface area contributed by atoms with Crippen molar-refractivity contribution in [2.45, 2.75) is 49.3 Å². The minimum absolute atomic E-state index is 0.0130. The number of carbonyl (C=O) groups is 3. The van der Waals surface area contributed by atoms with Gasteiger partial charge in [0.15, 0.2) is 6.17 Å². The summed E-state index contributed by atoms with van der Waals surface area (Å²) in [4.78, 5) is 38.5. The Morgan fingerprint density at radius 1 is 1.07 bits per heavy atom. The molecule has 5 unspecified atom stereocenters. The fourth-order valence-electron chi connectivity index (χ4n) is 5.86. The summed E-state index contributed by atoms with van der Waals surface area (Å²) in [6.07, 6.45) is -2.46. The second-order valence-electron chi connectivity index (χ2n) is 11.2. The lowest BCUT2D eigenvalue weighted by molar-refractivity contribution is -1.01. The number of nitrogens with zero attached hydrogens (tertiary/aromatic N) is 2. The van der Waals surface area contributed by atoms with E-state index in [0.717, 1.165) is 21.3 Å². The van der Waals surface area contributed by atoms with Crippen LogP contribution in [0, 0.1) is 11.1 Å². The summed E-state index contributed by atoms with van der Waals surface area (Å²) in [5, 5.41) is 22.9. The lowest BCUT2D eigenvalue weighted by atomic mass is 10.1. The number of quaternary nitrogens is 1. The number of hydrogen-bond donors (Lipinski definition) is 3. The Hall–Kier alpha value is -3.92. The second kappa shape index (κ2) is 12.2. The number of hydrogen-bond acceptors (Lipinski definition) is 9. The van der Waals surface area contributed by atoms with E-state index in [-0.39, 0.29) is 44.0 Å². The van der Waals surface area contributed by atoms with Gasteiger partial charge in [0.05, 0.1) is 17.9 Å². The average molecular weight is 624 g/mol. The van der Waals surface area contributed by atoms with E-state index in [4.69, 9.17) is 9.47 Å². The van der Waals surface area contributed by atoms with Crippen molar-refractivity contribution in [2.75, 3.05) is 19.8 Å². The van der Waals surface area contributed by atoms with Crippen LogP contribution in [0.15, 0.2) is 77.7 Å². The quantitative estimate of drug-likeness (QED) is 0.191. The number of sulfonamides is 1. The molecule has 3 fully saturated rings. The summed E-state index contributed by atoms with van der Waals surface area (Å²) in [6, 6.07) is 20.5. The van der Waals surface area contributed by atoms with Crippen molar-refractivity contribution in [1.82, 2.24) is 20.4 Å². The van der Waals surface area contributed by atoms with E-state index in [2.05, 4.69) is 15.4 Å². The third kappa shape index (κ3) is 6.18. The smallest absolute Gasteiger partial charge is 0.310 e. The molecule has 13 nitrogen and oxygen atoms in total. The van der Waals surface area contributed by atoms with Crippen LogP contribution in [0.3, 0.4) is 0 Å². The SMILES string of the molecule is O=C1CC(NC(=O)C2CNCN3C(=O)CCC(NS(=O)(=O)c4ccc5ccccc5c4)[N+]3([O-])C2)C(OCc2ccccc2)O1. The Balaban J connectivity index is 1.18. The minimum atomic E-state index is -4.16. The predicted octanol–water partition coefficient (Wildman–Crippen LogP) is 1.45. The molecule has 0 aliphatic carbocycles. The zero-order chi connectivity index (χ0) is 30.9. The van der Waals surface area contributed by atoms with Crippen LogP contribution in [0.4, 0.5) is 0 Å². The normalized spacial score (nSPS) is 27.4. The van der Waals surface area contributed by atoms with Crippen LogP contribution in [0.5, 0.6) is 0 Å². The van der Waals surface area contributed by atoms with Crippen LogP contribution in [0.1, 0.15) is 24.8 Å². The van der Waals surface area contributed by atoms with Gasteiger partial charge < -0.3 is 20.0 Å². The van der Waals surface area contributed by atoms with Gasteiger partial charge in [0, 0.05) is 19.4 Å². The fraction of sp³-hybridized carbons (Fsp3) is 0.367. The largest absolute Gasteiger partial charge is 0.605 e. The molecule has 0 aromatic heterocycles. The summed E-state index contributed by atoms with van der Waals surface area (Å²) in [5.74, 6) is -2.48. The first-order chi connectivity index (χ1) is 21.1. The zero-order valence-corrected chi connectivity index (χ0v) is 24.6. The van der Waals surface area contributed by atoms with Crippen molar-refractivity contribution in [3.63, 3.8) is 0 Å². The zero-order valence-electron chi connectivity index (χ0n) is 23.8. The highest BCUT2D eigenvalue weighted by Crippen LogP contribution is 2.31. The van der Waals surface area contributed by atoms with Gasteiger partial charge in [-0.1, -0.05) is 60.7 Å². The van der Waals surface area contributed by atoms with Crippen LogP contribution in [-0.2, 0) is 40.5 Å². The number of nitrogens with one attached hydrogen (secondary N) is 3. The number of carbonyl (C=O) groups excluding carboxylic acids is 3. The number of hydroxylamine groups is 2. The number of rotatable bonds is 8. The Kier molecular flexibility index (Phi) is 8.37. The molecule has 3 aliphatic heterocycles. The van der Waals surface area contributed by atoms with Crippen LogP contribution in [0.2, 0.25) is 0 Å². The van der Waals surface area contributed by atoms with E-state index in [0.29, 0.717) is 0 Å². The third-order valence-corrected chi connectivity index (χ3v) is 9.65. The summed E-state index contributed by atoms with van der Waals surface area (Å²) in [6.45, 7) is -0.355. The average Bonchev–Trinajstić information content (AvgIpc) is 3.25. The van der Waals surface area contributed by atoms with Crippen molar-refractivity contribution >= 4 is 38.6 Å². The number of benzene rings is 3. The molecule has 0 bridgehead atoms. The number of esters is 1. The Morgan fingerprint density at radius 3 is 2.61 bits per heavy atom. The highest BCUT2D eigenvalue weighted by atomic mass is 32.2.